The Morgan fingerprint density at radius 2 is 1.79 bits per heavy atom. The van der Waals surface area contributed by atoms with Crippen LogP contribution in [0.4, 0.5) is 0 Å². The van der Waals surface area contributed by atoms with E-state index in [4.69, 9.17) is 5.73 Å². The average molecular weight is 316 g/mol. The Morgan fingerprint density at radius 1 is 1.12 bits per heavy atom. The molecule has 0 radical (unpaired) electrons. The number of nitriles is 3. The van der Waals surface area contributed by atoms with E-state index in [1.165, 1.54) is 0 Å². The van der Waals surface area contributed by atoms with E-state index in [9.17, 15) is 20.9 Å². The first kappa shape index (κ1) is 15.7. The number of rotatable bonds is 1. The number of hydrogen-bond donors (Lipinski definition) is 2. The van der Waals surface area contributed by atoms with E-state index < -0.39 is 11.3 Å². The van der Waals surface area contributed by atoms with E-state index in [0.717, 1.165) is 30.4 Å². The summed E-state index contributed by atoms with van der Waals surface area (Å²) in [6.07, 6.45) is 4.60. The Hall–Kier alpha value is -3.23. The first-order valence-corrected chi connectivity index (χ1v) is 7.81. The lowest BCUT2D eigenvalue weighted by atomic mass is 9.57. The van der Waals surface area contributed by atoms with Crippen molar-refractivity contribution in [1.82, 2.24) is 0 Å². The first-order valence-electron chi connectivity index (χ1n) is 7.81. The van der Waals surface area contributed by atoms with E-state index in [0.29, 0.717) is 0 Å². The smallest absolute Gasteiger partial charge is 0.191 e. The summed E-state index contributed by atoms with van der Waals surface area (Å²) >= 11 is 0. The van der Waals surface area contributed by atoms with Crippen LogP contribution in [0.3, 0.4) is 0 Å². The molecular weight excluding hydrogens is 300 g/mol. The second kappa shape index (κ2) is 5.76. The highest BCUT2D eigenvalue weighted by molar-refractivity contribution is 5.59. The fourth-order valence-corrected chi connectivity index (χ4v) is 3.93. The van der Waals surface area contributed by atoms with Gasteiger partial charge in [0, 0.05) is 5.92 Å². The standard InChI is InChI=1S/C19H16N4O/c20-9-16-14-3-1-2-4-15(14)17(12-5-7-13(24)8-6-12)19(10-21,11-22)18(16)23/h3,5-8,15,17,24H,1-2,4,23H2/t15-,17+/m1/s1. The van der Waals surface area contributed by atoms with Crippen molar-refractivity contribution in [2.45, 2.75) is 25.2 Å². The molecule has 0 heterocycles. The normalized spacial score (nSPS) is 24.8. The van der Waals surface area contributed by atoms with Crippen molar-refractivity contribution in [3.8, 4) is 24.0 Å². The summed E-state index contributed by atoms with van der Waals surface area (Å²) in [7, 11) is 0. The quantitative estimate of drug-likeness (QED) is 0.825. The highest BCUT2D eigenvalue weighted by atomic mass is 16.3. The molecule has 1 aromatic carbocycles. The van der Waals surface area contributed by atoms with Gasteiger partial charge < -0.3 is 10.8 Å². The third kappa shape index (κ3) is 2.05. The van der Waals surface area contributed by atoms with E-state index in [2.05, 4.69) is 18.2 Å². The Labute approximate surface area is 140 Å². The molecule has 0 fully saturated rings. The second-order valence-electron chi connectivity index (χ2n) is 6.20. The third-order valence-electron chi connectivity index (χ3n) is 5.05. The number of nitrogens with zero attached hydrogens (tertiary/aromatic N) is 3. The minimum atomic E-state index is -1.58. The molecule has 0 aromatic heterocycles. The molecule has 3 rings (SSSR count). The van der Waals surface area contributed by atoms with E-state index in [1.807, 2.05) is 6.08 Å². The predicted molar refractivity (Wildman–Crippen MR) is 86.8 cm³/mol. The lowest BCUT2D eigenvalue weighted by Crippen LogP contribution is -2.42. The Kier molecular flexibility index (Phi) is 3.76. The van der Waals surface area contributed by atoms with Crippen LogP contribution in [0.2, 0.25) is 0 Å². The minimum Gasteiger partial charge on any atom is -0.508 e. The van der Waals surface area contributed by atoms with Gasteiger partial charge in [-0.1, -0.05) is 18.2 Å². The van der Waals surface area contributed by atoms with Crippen molar-refractivity contribution in [2.24, 2.45) is 17.1 Å². The largest absolute Gasteiger partial charge is 0.508 e. The van der Waals surface area contributed by atoms with Gasteiger partial charge in [0.05, 0.1) is 23.4 Å². The van der Waals surface area contributed by atoms with Gasteiger partial charge in [-0.2, -0.15) is 15.8 Å². The van der Waals surface area contributed by atoms with Gasteiger partial charge in [0.2, 0.25) is 0 Å². The van der Waals surface area contributed by atoms with Crippen LogP contribution in [0.1, 0.15) is 30.7 Å². The number of nitrogens with two attached hydrogens (primary N) is 1. The lowest BCUT2D eigenvalue weighted by molar-refractivity contribution is 0.317. The number of fused-ring (bicyclic) bond motifs is 1. The van der Waals surface area contributed by atoms with Crippen LogP contribution in [-0.2, 0) is 0 Å². The molecule has 0 saturated heterocycles. The summed E-state index contributed by atoms with van der Waals surface area (Å²) in [5.74, 6) is -0.448. The summed E-state index contributed by atoms with van der Waals surface area (Å²) in [5.41, 5.74) is 6.53. The molecule has 2 aliphatic rings. The van der Waals surface area contributed by atoms with E-state index in [1.54, 1.807) is 24.3 Å². The average Bonchev–Trinajstić information content (AvgIpc) is 2.62. The maximum absolute atomic E-state index is 9.84. The molecule has 0 saturated carbocycles. The van der Waals surface area contributed by atoms with Crippen LogP contribution >= 0.6 is 0 Å². The summed E-state index contributed by atoms with van der Waals surface area (Å²) < 4.78 is 0. The predicted octanol–water partition coefficient (Wildman–Crippen LogP) is 2.99. The van der Waals surface area contributed by atoms with Crippen molar-refractivity contribution in [1.29, 1.82) is 15.8 Å². The number of allylic oxidation sites excluding steroid dienone is 4. The Morgan fingerprint density at radius 3 is 2.38 bits per heavy atom. The Balaban J connectivity index is 2.31. The third-order valence-corrected chi connectivity index (χ3v) is 5.05. The van der Waals surface area contributed by atoms with Gasteiger partial charge in [0.1, 0.15) is 11.8 Å². The van der Waals surface area contributed by atoms with Crippen LogP contribution in [0, 0.1) is 45.3 Å². The van der Waals surface area contributed by atoms with Gasteiger partial charge in [-0.05, 0) is 48.4 Å². The molecule has 5 heteroatoms. The van der Waals surface area contributed by atoms with Gasteiger partial charge in [0.25, 0.3) is 0 Å². The number of phenolic OH excluding ortho intramolecular Hbond substituents is 1. The van der Waals surface area contributed by atoms with Crippen LogP contribution in [0.5, 0.6) is 5.75 Å². The van der Waals surface area contributed by atoms with Gasteiger partial charge in [-0.15, -0.1) is 0 Å². The van der Waals surface area contributed by atoms with Crippen LogP contribution < -0.4 is 5.73 Å². The molecule has 0 amide bonds. The first-order chi connectivity index (χ1) is 11.6. The number of aromatic hydroxyl groups is 1. The highest BCUT2D eigenvalue weighted by Gasteiger charge is 2.53. The zero-order chi connectivity index (χ0) is 17.3. The molecule has 2 atom stereocenters. The SMILES string of the molecule is N#CC1=C(N)C(C#N)(C#N)[C@@H](c2ccc(O)cc2)[C@@H]2CCCC=C12. The zero-order valence-electron chi connectivity index (χ0n) is 13.0. The van der Waals surface area contributed by atoms with Crippen molar-refractivity contribution in [3.63, 3.8) is 0 Å². The topological polar surface area (TPSA) is 118 Å². The van der Waals surface area contributed by atoms with E-state index >= 15 is 0 Å². The second-order valence-corrected chi connectivity index (χ2v) is 6.20. The fraction of sp³-hybridized carbons (Fsp3) is 0.316. The molecule has 3 N–H and O–H groups in total. The maximum atomic E-state index is 9.84. The monoisotopic (exact) mass is 316 g/mol. The molecule has 118 valence electrons. The fourth-order valence-electron chi connectivity index (χ4n) is 3.93. The molecule has 0 spiro atoms. The van der Waals surface area contributed by atoms with Gasteiger partial charge in [-0.3, -0.25) is 0 Å². The maximum Gasteiger partial charge on any atom is 0.191 e. The minimum absolute atomic E-state index is 0.0393. The summed E-state index contributed by atoms with van der Waals surface area (Å²) in [6, 6.07) is 12.8. The Bertz CT molecular complexity index is 845. The molecule has 0 unspecified atom stereocenters. The lowest BCUT2D eigenvalue weighted by Gasteiger charge is -2.43. The molecule has 5 nitrogen and oxygen atoms in total. The van der Waals surface area contributed by atoms with Gasteiger partial charge in [0.15, 0.2) is 5.41 Å². The van der Waals surface area contributed by atoms with Crippen LogP contribution in [0.25, 0.3) is 0 Å². The number of phenols is 1. The van der Waals surface area contributed by atoms with Gasteiger partial charge >= 0.3 is 0 Å². The number of benzene rings is 1. The van der Waals surface area contributed by atoms with E-state index in [-0.39, 0.29) is 22.9 Å². The molecule has 1 aromatic rings. The highest BCUT2D eigenvalue weighted by Crippen LogP contribution is 2.55. The number of hydrogen-bond acceptors (Lipinski definition) is 5. The van der Waals surface area contributed by atoms with Crippen LogP contribution in [-0.4, -0.2) is 5.11 Å². The zero-order valence-corrected chi connectivity index (χ0v) is 13.0. The summed E-state index contributed by atoms with van der Waals surface area (Å²) in [4.78, 5) is 0. The van der Waals surface area contributed by atoms with Crippen molar-refractivity contribution in [3.05, 3.63) is 52.7 Å². The molecule has 0 aliphatic heterocycles. The molecular formula is C19H16N4O. The summed E-state index contributed by atoms with van der Waals surface area (Å²) in [5, 5.41) is 38.8. The summed E-state index contributed by atoms with van der Waals surface area (Å²) in [6.45, 7) is 0. The van der Waals surface area contributed by atoms with Crippen LogP contribution in [0.15, 0.2) is 47.2 Å². The molecule has 2 aliphatic carbocycles. The van der Waals surface area contributed by atoms with Crippen molar-refractivity contribution in [2.75, 3.05) is 0 Å². The van der Waals surface area contributed by atoms with Crippen molar-refractivity contribution >= 4 is 0 Å². The van der Waals surface area contributed by atoms with Gasteiger partial charge in [-0.25, -0.2) is 0 Å². The molecule has 24 heavy (non-hydrogen) atoms. The van der Waals surface area contributed by atoms with Crippen molar-refractivity contribution < 1.29 is 5.11 Å². The molecule has 0 bridgehead atoms.